The lowest BCUT2D eigenvalue weighted by Gasteiger charge is -2.21. The number of likely N-dealkylation sites (N-methyl/N-ethyl adjacent to an activating group) is 1. The second-order valence-corrected chi connectivity index (χ2v) is 7.14. The van der Waals surface area contributed by atoms with Crippen LogP contribution in [0.2, 0.25) is 0 Å². The van der Waals surface area contributed by atoms with Gasteiger partial charge in [0.05, 0.1) is 19.1 Å². The van der Waals surface area contributed by atoms with Crippen LogP contribution in [0.3, 0.4) is 0 Å². The Hall–Kier alpha value is -2.26. The Morgan fingerprint density at radius 3 is 2.59 bits per heavy atom. The molecule has 0 aliphatic carbocycles. The van der Waals surface area contributed by atoms with Gasteiger partial charge in [0, 0.05) is 25.3 Å². The van der Waals surface area contributed by atoms with E-state index in [4.69, 9.17) is 9.84 Å². The van der Waals surface area contributed by atoms with Gasteiger partial charge in [-0.3, -0.25) is 4.79 Å². The molecule has 1 atom stereocenters. The second kappa shape index (κ2) is 13.8. The molecule has 164 valence electrons. The highest BCUT2D eigenvalue weighted by atomic mass is 19.2. The van der Waals surface area contributed by atoms with Crippen molar-refractivity contribution in [1.82, 2.24) is 15.5 Å². The Morgan fingerprint density at radius 1 is 1.17 bits per heavy atom. The van der Waals surface area contributed by atoms with Crippen molar-refractivity contribution in [2.75, 3.05) is 33.8 Å². The summed E-state index contributed by atoms with van der Waals surface area (Å²) >= 11 is 0. The summed E-state index contributed by atoms with van der Waals surface area (Å²) in [7, 11) is 3.62. The van der Waals surface area contributed by atoms with Crippen LogP contribution in [0, 0.1) is 11.6 Å². The lowest BCUT2D eigenvalue weighted by Crippen LogP contribution is -2.47. The first-order valence-corrected chi connectivity index (χ1v) is 9.71. The van der Waals surface area contributed by atoms with Gasteiger partial charge in [0.15, 0.2) is 11.6 Å². The van der Waals surface area contributed by atoms with E-state index in [-0.39, 0.29) is 24.6 Å². The summed E-state index contributed by atoms with van der Waals surface area (Å²) in [5.41, 5.74) is 0.204. The van der Waals surface area contributed by atoms with Crippen molar-refractivity contribution in [3.63, 3.8) is 0 Å². The molecule has 0 bridgehead atoms. The van der Waals surface area contributed by atoms with E-state index in [2.05, 4.69) is 10.6 Å². The van der Waals surface area contributed by atoms with Gasteiger partial charge in [-0.25, -0.2) is 13.6 Å². The second-order valence-electron chi connectivity index (χ2n) is 7.14. The molecule has 0 saturated carbocycles. The van der Waals surface area contributed by atoms with E-state index in [0.29, 0.717) is 19.7 Å². The van der Waals surface area contributed by atoms with Gasteiger partial charge < -0.3 is 25.4 Å². The number of nitrogens with one attached hydrogen (secondary N) is 2. The van der Waals surface area contributed by atoms with Crippen LogP contribution in [0.1, 0.15) is 37.7 Å². The number of ether oxygens (including phenoxy) is 1. The Kier molecular flexibility index (Phi) is 11.8. The van der Waals surface area contributed by atoms with E-state index in [0.717, 1.165) is 31.7 Å². The molecule has 7 nitrogen and oxygen atoms in total. The molecule has 29 heavy (non-hydrogen) atoms. The maximum absolute atomic E-state index is 13.5. The third-order valence-corrected chi connectivity index (χ3v) is 4.13. The number of nitrogens with zero attached hydrogens (tertiary/aromatic N) is 1. The number of carboxylic acids is 1. The van der Waals surface area contributed by atoms with E-state index in [1.54, 1.807) is 0 Å². The number of carbonyl (C=O) groups is 2. The molecule has 0 aliphatic heterocycles. The quantitative estimate of drug-likeness (QED) is 0.407. The van der Waals surface area contributed by atoms with E-state index < -0.39 is 23.6 Å². The first-order chi connectivity index (χ1) is 13.8. The number of amides is 2. The smallest absolute Gasteiger partial charge is 0.315 e. The van der Waals surface area contributed by atoms with E-state index in [1.807, 2.05) is 19.0 Å². The number of rotatable bonds is 14. The van der Waals surface area contributed by atoms with Gasteiger partial charge in [-0.05, 0) is 33.0 Å². The van der Waals surface area contributed by atoms with Crippen molar-refractivity contribution >= 4 is 12.0 Å². The van der Waals surface area contributed by atoms with Crippen LogP contribution in [-0.2, 0) is 16.1 Å². The fourth-order valence-corrected chi connectivity index (χ4v) is 2.78. The normalized spacial score (nSPS) is 12.0. The number of halogens is 2. The van der Waals surface area contributed by atoms with Gasteiger partial charge in [-0.1, -0.05) is 25.0 Å². The molecule has 9 heteroatoms. The van der Waals surface area contributed by atoms with E-state index >= 15 is 0 Å². The Bertz CT molecular complexity index is 644. The number of hydrogen-bond donors (Lipinski definition) is 3. The zero-order chi connectivity index (χ0) is 21.6. The SMILES string of the molecule is CN(C)CC(CC(=O)O)NC(=O)NCCCCCCOCc1cccc(F)c1F. The fourth-order valence-electron chi connectivity index (χ4n) is 2.78. The lowest BCUT2D eigenvalue weighted by molar-refractivity contribution is -0.137. The molecule has 0 aliphatic rings. The van der Waals surface area contributed by atoms with Crippen LogP contribution in [-0.4, -0.2) is 61.8 Å². The maximum atomic E-state index is 13.5. The van der Waals surface area contributed by atoms with Gasteiger partial charge in [0.2, 0.25) is 0 Å². The third-order valence-electron chi connectivity index (χ3n) is 4.13. The number of carboxylic acid groups (broad SMARTS) is 1. The van der Waals surface area contributed by atoms with Crippen molar-refractivity contribution in [3.05, 3.63) is 35.4 Å². The molecule has 0 saturated heterocycles. The predicted octanol–water partition coefficient (Wildman–Crippen LogP) is 2.75. The van der Waals surface area contributed by atoms with Crippen molar-refractivity contribution in [3.8, 4) is 0 Å². The highest BCUT2D eigenvalue weighted by Crippen LogP contribution is 2.12. The Balaban J connectivity index is 2.07. The Morgan fingerprint density at radius 2 is 1.90 bits per heavy atom. The van der Waals surface area contributed by atoms with Crippen LogP contribution in [0.25, 0.3) is 0 Å². The number of aliphatic carboxylic acids is 1. The van der Waals surface area contributed by atoms with Gasteiger partial charge >= 0.3 is 12.0 Å². The molecule has 2 amide bonds. The molecule has 1 aromatic rings. The van der Waals surface area contributed by atoms with Crippen molar-refractivity contribution in [1.29, 1.82) is 0 Å². The summed E-state index contributed by atoms with van der Waals surface area (Å²) in [6.07, 6.45) is 3.20. The highest BCUT2D eigenvalue weighted by Gasteiger charge is 2.16. The van der Waals surface area contributed by atoms with Gasteiger partial charge in [0.25, 0.3) is 0 Å². The average molecular weight is 415 g/mol. The van der Waals surface area contributed by atoms with Crippen LogP contribution in [0.15, 0.2) is 18.2 Å². The molecule has 1 unspecified atom stereocenters. The summed E-state index contributed by atoms with van der Waals surface area (Å²) < 4.78 is 31.9. The monoisotopic (exact) mass is 415 g/mol. The largest absolute Gasteiger partial charge is 0.481 e. The summed E-state index contributed by atoms with van der Waals surface area (Å²) in [5, 5.41) is 14.3. The van der Waals surface area contributed by atoms with Crippen molar-refractivity contribution in [2.24, 2.45) is 0 Å². The van der Waals surface area contributed by atoms with E-state index in [1.165, 1.54) is 12.1 Å². The average Bonchev–Trinajstić information content (AvgIpc) is 2.62. The molecule has 1 aromatic carbocycles. The molecule has 1 rings (SSSR count). The number of hydrogen-bond acceptors (Lipinski definition) is 4. The fraction of sp³-hybridized carbons (Fsp3) is 0.600. The minimum absolute atomic E-state index is 0.0375. The first-order valence-electron chi connectivity index (χ1n) is 9.71. The van der Waals surface area contributed by atoms with Crippen molar-refractivity contribution in [2.45, 2.75) is 44.8 Å². The molecule has 3 N–H and O–H groups in total. The molecule has 0 spiro atoms. The van der Waals surface area contributed by atoms with Gasteiger partial charge in [-0.2, -0.15) is 0 Å². The molecule has 0 fully saturated rings. The minimum atomic E-state index is -0.959. The highest BCUT2D eigenvalue weighted by molar-refractivity contribution is 5.75. The zero-order valence-electron chi connectivity index (χ0n) is 17.0. The minimum Gasteiger partial charge on any atom is -0.481 e. The number of unbranched alkanes of at least 4 members (excludes halogenated alkanes) is 3. The summed E-state index contributed by atoms with van der Waals surface area (Å²) in [4.78, 5) is 24.5. The number of benzene rings is 1. The Labute approximate surface area is 170 Å². The maximum Gasteiger partial charge on any atom is 0.315 e. The third kappa shape index (κ3) is 11.4. The lowest BCUT2D eigenvalue weighted by atomic mass is 10.2. The predicted molar refractivity (Wildman–Crippen MR) is 106 cm³/mol. The molecule has 0 radical (unpaired) electrons. The molecular weight excluding hydrogens is 384 g/mol. The van der Waals surface area contributed by atoms with Crippen LogP contribution in [0.4, 0.5) is 13.6 Å². The molecule has 0 heterocycles. The van der Waals surface area contributed by atoms with Gasteiger partial charge in [0.1, 0.15) is 0 Å². The standard InChI is InChI=1S/C20H31F2N3O4/c1-25(2)13-16(12-18(26)27)24-20(28)23-10-5-3-4-6-11-29-14-15-8-7-9-17(21)19(15)22/h7-9,16H,3-6,10-14H2,1-2H3,(H,26,27)(H2,23,24,28). The molecular formula is C20H31F2N3O4. The number of urea groups is 1. The zero-order valence-corrected chi connectivity index (χ0v) is 17.0. The summed E-state index contributed by atoms with van der Waals surface area (Å²) in [6, 6.07) is 3.18. The van der Waals surface area contributed by atoms with Crippen LogP contribution >= 0.6 is 0 Å². The van der Waals surface area contributed by atoms with Gasteiger partial charge in [-0.15, -0.1) is 0 Å². The summed E-state index contributed by atoms with van der Waals surface area (Å²) in [5.74, 6) is -2.70. The summed E-state index contributed by atoms with van der Waals surface area (Å²) in [6.45, 7) is 1.42. The van der Waals surface area contributed by atoms with E-state index in [9.17, 15) is 18.4 Å². The number of carbonyl (C=O) groups excluding carboxylic acids is 1. The van der Waals surface area contributed by atoms with Crippen LogP contribution in [0.5, 0.6) is 0 Å². The molecule has 0 aromatic heterocycles. The topological polar surface area (TPSA) is 90.9 Å². The van der Waals surface area contributed by atoms with Crippen molar-refractivity contribution < 1.29 is 28.2 Å². The first kappa shape index (κ1) is 24.8. The van der Waals surface area contributed by atoms with Crippen LogP contribution < -0.4 is 10.6 Å².